The second-order valence-corrected chi connectivity index (χ2v) is 3.34. The molecule has 2 amide bonds. The first-order valence-electron chi connectivity index (χ1n) is 4.29. The number of primary amides is 1. The van der Waals surface area contributed by atoms with Gasteiger partial charge in [0.05, 0.1) is 6.42 Å². The van der Waals surface area contributed by atoms with Gasteiger partial charge in [0, 0.05) is 18.3 Å². The highest BCUT2D eigenvalue weighted by molar-refractivity contribution is 6.02. The maximum atomic E-state index is 11.3. The van der Waals surface area contributed by atoms with E-state index >= 15 is 0 Å². The summed E-state index contributed by atoms with van der Waals surface area (Å²) in [6.07, 6.45) is 0.354. The number of likely N-dealkylation sites (N-methyl/N-ethyl adjacent to an activating group) is 1. The Kier molecular flexibility index (Phi) is 1.77. The van der Waals surface area contributed by atoms with Gasteiger partial charge in [-0.3, -0.25) is 9.59 Å². The highest BCUT2D eigenvalue weighted by atomic mass is 16.2. The van der Waals surface area contributed by atoms with E-state index in [0.29, 0.717) is 12.0 Å². The number of rotatable bonds is 1. The van der Waals surface area contributed by atoms with E-state index in [9.17, 15) is 9.59 Å². The molecule has 4 heteroatoms. The van der Waals surface area contributed by atoms with E-state index in [4.69, 9.17) is 5.73 Å². The SMILES string of the molecule is CN1C(=O)Cc2cc(C(N)=O)ccc21. The summed E-state index contributed by atoms with van der Waals surface area (Å²) < 4.78 is 0. The molecule has 0 saturated heterocycles. The van der Waals surface area contributed by atoms with Crippen molar-refractivity contribution in [3.05, 3.63) is 29.3 Å². The van der Waals surface area contributed by atoms with Crippen molar-refractivity contribution in [3.63, 3.8) is 0 Å². The van der Waals surface area contributed by atoms with E-state index in [2.05, 4.69) is 0 Å². The third-order valence-electron chi connectivity index (χ3n) is 2.44. The van der Waals surface area contributed by atoms with Gasteiger partial charge in [-0.2, -0.15) is 0 Å². The molecule has 0 aliphatic carbocycles. The highest BCUT2D eigenvalue weighted by Gasteiger charge is 2.24. The van der Waals surface area contributed by atoms with Gasteiger partial charge in [0.25, 0.3) is 0 Å². The van der Waals surface area contributed by atoms with Crippen LogP contribution in [0.15, 0.2) is 18.2 Å². The van der Waals surface area contributed by atoms with Crippen molar-refractivity contribution >= 4 is 17.5 Å². The average molecular weight is 190 g/mol. The van der Waals surface area contributed by atoms with Crippen molar-refractivity contribution in [2.45, 2.75) is 6.42 Å². The first-order valence-corrected chi connectivity index (χ1v) is 4.29. The van der Waals surface area contributed by atoms with E-state index in [-0.39, 0.29) is 5.91 Å². The minimum atomic E-state index is -0.463. The molecule has 1 aliphatic rings. The molecule has 1 aliphatic heterocycles. The van der Waals surface area contributed by atoms with Crippen molar-refractivity contribution in [2.24, 2.45) is 5.73 Å². The monoisotopic (exact) mass is 190 g/mol. The Labute approximate surface area is 81.3 Å². The molecule has 0 bridgehead atoms. The minimum Gasteiger partial charge on any atom is -0.366 e. The molecule has 0 saturated carbocycles. The number of anilines is 1. The topological polar surface area (TPSA) is 63.4 Å². The molecule has 14 heavy (non-hydrogen) atoms. The van der Waals surface area contributed by atoms with Gasteiger partial charge < -0.3 is 10.6 Å². The lowest BCUT2D eigenvalue weighted by Gasteiger charge is -2.09. The average Bonchev–Trinajstić information content (AvgIpc) is 2.42. The number of amides is 2. The van der Waals surface area contributed by atoms with E-state index in [1.807, 2.05) is 0 Å². The van der Waals surface area contributed by atoms with Crippen LogP contribution < -0.4 is 10.6 Å². The zero-order chi connectivity index (χ0) is 10.3. The molecule has 0 atom stereocenters. The molecule has 0 fully saturated rings. The molecule has 1 aromatic rings. The Balaban J connectivity index is 2.49. The predicted octanol–water partition coefficient (Wildman–Crippen LogP) is 0.304. The molecule has 4 nitrogen and oxygen atoms in total. The van der Waals surface area contributed by atoms with Gasteiger partial charge in [0.15, 0.2) is 0 Å². The van der Waals surface area contributed by atoms with E-state index in [1.54, 1.807) is 30.1 Å². The van der Waals surface area contributed by atoms with Crippen LogP contribution in [0.5, 0.6) is 0 Å². The minimum absolute atomic E-state index is 0.0432. The Morgan fingerprint density at radius 2 is 2.21 bits per heavy atom. The van der Waals surface area contributed by atoms with Gasteiger partial charge in [-0.05, 0) is 23.8 Å². The molecule has 0 unspecified atom stereocenters. The normalized spacial score (nSPS) is 14.4. The number of carbonyl (C=O) groups is 2. The lowest BCUT2D eigenvalue weighted by Crippen LogP contribution is -2.20. The van der Waals surface area contributed by atoms with Crippen LogP contribution in [-0.4, -0.2) is 18.9 Å². The van der Waals surface area contributed by atoms with E-state index in [1.165, 1.54) is 0 Å². The molecule has 2 rings (SSSR count). The molecule has 72 valence electrons. The highest BCUT2D eigenvalue weighted by Crippen LogP contribution is 2.27. The van der Waals surface area contributed by atoms with Gasteiger partial charge >= 0.3 is 0 Å². The summed E-state index contributed by atoms with van der Waals surface area (Å²) in [5, 5.41) is 0. The first-order chi connectivity index (χ1) is 6.59. The third kappa shape index (κ3) is 1.16. The Hall–Kier alpha value is -1.84. The molecular formula is C10H10N2O2. The summed E-state index contributed by atoms with van der Waals surface area (Å²) in [4.78, 5) is 23.8. The van der Waals surface area contributed by atoms with Crippen molar-refractivity contribution in [1.29, 1.82) is 0 Å². The maximum absolute atomic E-state index is 11.3. The van der Waals surface area contributed by atoms with Gasteiger partial charge in [-0.15, -0.1) is 0 Å². The fourth-order valence-electron chi connectivity index (χ4n) is 1.62. The molecule has 2 N–H and O–H groups in total. The van der Waals surface area contributed by atoms with E-state index in [0.717, 1.165) is 11.3 Å². The lowest BCUT2D eigenvalue weighted by molar-refractivity contribution is -0.117. The van der Waals surface area contributed by atoms with Crippen molar-refractivity contribution < 1.29 is 9.59 Å². The molecule has 0 spiro atoms. The number of fused-ring (bicyclic) bond motifs is 1. The summed E-state index contributed by atoms with van der Waals surface area (Å²) in [5.74, 6) is -0.420. The van der Waals surface area contributed by atoms with Crippen LogP contribution in [0.2, 0.25) is 0 Å². The Morgan fingerprint density at radius 3 is 2.86 bits per heavy atom. The molecule has 1 aromatic carbocycles. The number of hydrogen-bond donors (Lipinski definition) is 1. The first kappa shape index (κ1) is 8.74. The second-order valence-electron chi connectivity index (χ2n) is 3.34. The molecule has 0 radical (unpaired) electrons. The van der Waals surface area contributed by atoms with Crippen LogP contribution in [-0.2, 0) is 11.2 Å². The van der Waals surface area contributed by atoms with Crippen LogP contribution in [0, 0.1) is 0 Å². The van der Waals surface area contributed by atoms with Crippen molar-refractivity contribution in [2.75, 3.05) is 11.9 Å². The van der Waals surface area contributed by atoms with Crippen molar-refractivity contribution in [3.8, 4) is 0 Å². The largest absolute Gasteiger partial charge is 0.366 e. The number of hydrogen-bond acceptors (Lipinski definition) is 2. The number of nitrogens with two attached hydrogens (primary N) is 1. The summed E-state index contributed by atoms with van der Waals surface area (Å²) in [7, 11) is 1.72. The molecular weight excluding hydrogens is 180 g/mol. The van der Waals surface area contributed by atoms with E-state index < -0.39 is 5.91 Å². The van der Waals surface area contributed by atoms with Gasteiger partial charge in [0.1, 0.15) is 0 Å². The summed E-state index contributed by atoms with van der Waals surface area (Å²) in [5.41, 5.74) is 7.32. The zero-order valence-electron chi connectivity index (χ0n) is 7.78. The number of carbonyl (C=O) groups excluding carboxylic acids is 2. The van der Waals surface area contributed by atoms with Gasteiger partial charge in [-0.25, -0.2) is 0 Å². The number of benzene rings is 1. The molecule has 1 heterocycles. The van der Waals surface area contributed by atoms with Crippen molar-refractivity contribution in [1.82, 2.24) is 0 Å². The zero-order valence-corrected chi connectivity index (χ0v) is 7.78. The lowest BCUT2D eigenvalue weighted by atomic mass is 10.1. The standard InChI is InChI=1S/C10H10N2O2/c1-12-8-3-2-6(10(11)14)4-7(8)5-9(12)13/h2-4H,5H2,1H3,(H2,11,14). The quantitative estimate of drug-likeness (QED) is 0.692. The fourth-order valence-corrected chi connectivity index (χ4v) is 1.62. The molecule has 0 aromatic heterocycles. The summed E-state index contributed by atoms with van der Waals surface area (Å²) >= 11 is 0. The predicted molar refractivity (Wildman–Crippen MR) is 52.1 cm³/mol. The maximum Gasteiger partial charge on any atom is 0.248 e. The van der Waals surface area contributed by atoms with Crippen LogP contribution >= 0.6 is 0 Å². The Morgan fingerprint density at radius 1 is 1.50 bits per heavy atom. The van der Waals surface area contributed by atoms with Crippen LogP contribution in [0.4, 0.5) is 5.69 Å². The van der Waals surface area contributed by atoms with Gasteiger partial charge in [-0.1, -0.05) is 0 Å². The second kappa shape index (κ2) is 2.83. The summed E-state index contributed by atoms with van der Waals surface area (Å²) in [6.45, 7) is 0. The third-order valence-corrected chi connectivity index (χ3v) is 2.44. The van der Waals surface area contributed by atoms with Gasteiger partial charge in [0.2, 0.25) is 11.8 Å². The van der Waals surface area contributed by atoms with Crippen LogP contribution in [0.1, 0.15) is 15.9 Å². The summed E-state index contributed by atoms with van der Waals surface area (Å²) in [6, 6.07) is 5.07. The number of nitrogens with zero attached hydrogens (tertiary/aromatic N) is 1. The fraction of sp³-hybridized carbons (Fsp3) is 0.200. The van der Waals surface area contributed by atoms with Crippen LogP contribution in [0.3, 0.4) is 0 Å². The Bertz CT molecular complexity index is 426. The smallest absolute Gasteiger partial charge is 0.248 e. The van der Waals surface area contributed by atoms with Crippen LogP contribution in [0.25, 0.3) is 0 Å².